The van der Waals surface area contributed by atoms with Gasteiger partial charge in [-0.05, 0) is 25.1 Å². The van der Waals surface area contributed by atoms with Crippen LogP contribution in [0.25, 0.3) is 0 Å². The van der Waals surface area contributed by atoms with E-state index in [1.165, 1.54) is 36.4 Å². The van der Waals surface area contributed by atoms with Gasteiger partial charge in [0.05, 0.1) is 15.4 Å². The lowest BCUT2D eigenvalue weighted by atomic mass is 10.1. The van der Waals surface area contributed by atoms with Crippen molar-refractivity contribution in [2.24, 2.45) is 0 Å². The van der Waals surface area contributed by atoms with Crippen molar-refractivity contribution in [3.05, 3.63) is 69.8 Å². The Hall–Kier alpha value is -2.54. The molecule has 0 saturated carbocycles. The van der Waals surface area contributed by atoms with Crippen LogP contribution in [0.1, 0.15) is 15.9 Å². The number of nitro groups is 1. The molecule has 0 fully saturated rings. The minimum Gasteiger partial charge on any atom is -0.293 e. The quantitative estimate of drug-likeness (QED) is 0.479. The zero-order chi connectivity index (χ0) is 16.3. The molecule has 0 atom stereocenters. The summed E-state index contributed by atoms with van der Waals surface area (Å²) in [6.45, 7) is 1.81. The van der Waals surface area contributed by atoms with Crippen LogP contribution in [0.3, 0.4) is 0 Å². The topological polar surface area (TPSA) is 94.3 Å². The lowest BCUT2D eigenvalue weighted by molar-refractivity contribution is -0.385. The van der Waals surface area contributed by atoms with Crippen molar-refractivity contribution in [2.75, 3.05) is 5.75 Å². The van der Waals surface area contributed by atoms with Gasteiger partial charge in [0, 0.05) is 6.07 Å². The van der Waals surface area contributed by atoms with Crippen molar-refractivity contribution < 1.29 is 18.1 Å². The SMILES string of the molecule is Cc1ccc(S(=O)(=O)CC(=O)c2ccccc2[N+](=O)[O-])cc1. The number of nitrogens with zero attached hydrogens (tertiary/aromatic N) is 1. The van der Waals surface area contributed by atoms with Gasteiger partial charge in [-0.15, -0.1) is 0 Å². The van der Waals surface area contributed by atoms with E-state index in [-0.39, 0.29) is 10.5 Å². The zero-order valence-corrected chi connectivity index (χ0v) is 12.5. The number of hydrogen-bond donors (Lipinski definition) is 0. The molecular formula is C15H13NO5S. The van der Waals surface area contributed by atoms with Crippen LogP contribution in [0, 0.1) is 17.0 Å². The lowest BCUT2D eigenvalue weighted by Gasteiger charge is -2.05. The van der Waals surface area contributed by atoms with Gasteiger partial charge in [0.2, 0.25) is 0 Å². The fraction of sp³-hybridized carbons (Fsp3) is 0.133. The molecule has 2 aromatic carbocycles. The summed E-state index contributed by atoms with van der Waals surface area (Å²) in [4.78, 5) is 22.4. The van der Waals surface area contributed by atoms with Crippen LogP contribution in [0.2, 0.25) is 0 Å². The van der Waals surface area contributed by atoms with Crippen LogP contribution in [-0.2, 0) is 9.84 Å². The van der Waals surface area contributed by atoms with Crippen molar-refractivity contribution >= 4 is 21.3 Å². The summed E-state index contributed by atoms with van der Waals surface area (Å²) in [5.74, 6) is -1.60. The molecule has 0 heterocycles. The van der Waals surface area contributed by atoms with Gasteiger partial charge in [-0.25, -0.2) is 8.42 Å². The minimum atomic E-state index is -3.84. The predicted molar refractivity (Wildman–Crippen MR) is 80.7 cm³/mol. The molecule has 0 unspecified atom stereocenters. The highest BCUT2D eigenvalue weighted by molar-refractivity contribution is 7.92. The van der Waals surface area contributed by atoms with Gasteiger partial charge in [-0.1, -0.05) is 29.8 Å². The first-order chi connectivity index (χ1) is 10.3. The first-order valence-electron chi connectivity index (χ1n) is 6.37. The third kappa shape index (κ3) is 3.37. The second-order valence-electron chi connectivity index (χ2n) is 4.77. The van der Waals surface area contributed by atoms with E-state index < -0.39 is 32.0 Å². The first-order valence-corrected chi connectivity index (χ1v) is 8.02. The minimum absolute atomic E-state index is 0.0186. The number of sulfone groups is 1. The van der Waals surface area contributed by atoms with E-state index in [1.807, 2.05) is 6.92 Å². The molecule has 0 bridgehead atoms. The van der Waals surface area contributed by atoms with Gasteiger partial charge in [-0.2, -0.15) is 0 Å². The Kier molecular flexibility index (Phi) is 4.37. The summed E-state index contributed by atoms with van der Waals surface area (Å²) in [5.41, 5.74) is 0.291. The Balaban J connectivity index is 2.32. The number of nitro benzene ring substituents is 1. The van der Waals surface area contributed by atoms with E-state index in [2.05, 4.69) is 0 Å². The molecule has 6 nitrogen and oxygen atoms in total. The van der Waals surface area contributed by atoms with Gasteiger partial charge >= 0.3 is 0 Å². The molecule has 0 aliphatic rings. The second-order valence-corrected chi connectivity index (χ2v) is 6.76. The van der Waals surface area contributed by atoms with Gasteiger partial charge in [0.1, 0.15) is 5.75 Å². The third-order valence-electron chi connectivity index (χ3n) is 3.10. The molecule has 0 aliphatic carbocycles. The Morgan fingerprint density at radius 3 is 2.27 bits per heavy atom. The monoisotopic (exact) mass is 319 g/mol. The highest BCUT2D eigenvalue weighted by Gasteiger charge is 2.25. The number of rotatable bonds is 5. The maximum absolute atomic E-state index is 12.2. The zero-order valence-electron chi connectivity index (χ0n) is 11.7. The van der Waals surface area contributed by atoms with E-state index in [1.54, 1.807) is 12.1 Å². The molecule has 2 aromatic rings. The standard InChI is InChI=1S/C15H13NO5S/c1-11-6-8-12(9-7-11)22(20,21)10-15(17)13-4-2-3-5-14(13)16(18)19/h2-9H,10H2,1H3. The van der Waals surface area contributed by atoms with Crippen molar-refractivity contribution in [3.8, 4) is 0 Å². The number of benzene rings is 2. The molecule has 2 rings (SSSR count). The van der Waals surface area contributed by atoms with Crippen LogP contribution < -0.4 is 0 Å². The lowest BCUT2D eigenvalue weighted by Crippen LogP contribution is -2.17. The van der Waals surface area contributed by atoms with Gasteiger partial charge in [0.15, 0.2) is 15.6 Å². The largest absolute Gasteiger partial charge is 0.293 e. The fourth-order valence-corrected chi connectivity index (χ4v) is 3.17. The second kappa shape index (κ2) is 6.07. The molecule has 22 heavy (non-hydrogen) atoms. The van der Waals surface area contributed by atoms with Gasteiger partial charge in [0.25, 0.3) is 5.69 Å². The number of ketones is 1. The summed E-state index contributed by atoms with van der Waals surface area (Å²) in [5, 5.41) is 10.9. The normalized spacial score (nSPS) is 11.1. The average Bonchev–Trinajstić information content (AvgIpc) is 2.47. The number of aryl methyl sites for hydroxylation is 1. The van der Waals surface area contributed by atoms with E-state index >= 15 is 0 Å². The molecule has 0 aromatic heterocycles. The molecule has 0 spiro atoms. The third-order valence-corrected chi connectivity index (χ3v) is 4.73. The van der Waals surface area contributed by atoms with Gasteiger partial charge < -0.3 is 0 Å². The number of carbonyl (C=O) groups is 1. The summed E-state index contributed by atoms with van der Waals surface area (Å²) < 4.78 is 24.4. The molecule has 7 heteroatoms. The molecule has 0 saturated heterocycles. The van der Waals surface area contributed by atoms with Crippen LogP contribution in [0.4, 0.5) is 5.69 Å². The van der Waals surface area contributed by atoms with Crippen molar-refractivity contribution in [1.29, 1.82) is 0 Å². The van der Waals surface area contributed by atoms with Crippen LogP contribution in [0.5, 0.6) is 0 Å². The Labute approximate surface area is 127 Å². The van der Waals surface area contributed by atoms with Crippen LogP contribution in [0.15, 0.2) is 53.4 Å². The number of para-hydroxylation sites is 1. The molecule has 0 radical (unpaired) electrons. The Morgan fingerprint density at radius 1 is 1.09 bits per heavy atom. The molecule has 0 amide bonds. The van der Waals surface area contributed by atoms with E-state index in [0.717, 1.165) is 5.56 Å². The van der Waals surface area contributed by atoms with Crippen LogP contribution >= 0.6 is 0 Å². The fourth-order valence-electron chi connectivity index (χ4n) is 1.95. The molecule has 0 aliphatic heterocycles. The van der Waals surface area contributed by atoms with E-state index in [4.69, 9.17) is 0 Å². The molecule has 114 valence electrons. The Morgan fingerprint density at radius 2 is 1.68 bits per heavy atom. The summed E-state index contributed by atoms with van der Waals surface area (Å²) in [6.07, 6.45) is 0. The summed E-state index contributed by atoms with van der Waals surface area (Å²) in [6, 6.07) is 11.4. The maximum Gasteiger partial charge on any atom is 0.280 e. The summed E-state index contributed by atoms with van der Waals surface area (Å²) in [7, 11) is -3.84. The maximum atomic E-state index is 12.2. The highest BCUT2D eigenvalue weighted by atomic mass is 32.2. The predicted octanol–water partition coefficient (Wildman–Crippen LogP) is 2.56. The van der Waals surface area contributed by atoms with Crippen molar-refractivity contribution in [2.45, 2.75) is 11.8 Å². The Bertz CT molecular complexity index is 825. The molecular weight excluding hydrogens is 306 g/mol. The van der Waals surface area contributed by atoms with Gasteiger partial charge in [-0.3, -0.25) is 14.9 Å². The van der Waals surface area contributed by atoms with Crippen LogP contribution in [-0.4, -0.2) is 24.9 Å². The number of hydrogen-bond acceptors (Lipinski definition) is 5. The molecule has 0 N–H and O–H groups in total. The average molecular weight is 319 g/mol. The highest BCUT2D eigenvalue weighted by Crippen LogP contribution is 2.20. The van der Waals surface area contributed by atoms with E-state index in [9.17, 15) is 23.3 Å². The van der Waals surface area contributed by atoms with Crippen molar-refractivity contribution in [3.63, 3.8) is 0 Å². The smallest absolute Gasteiger partial charge is 0.280 e. The number of carbonyl (C=O) groups excluding carboxylic acids is 1. The first kappa shape index (κ1) is 15.8. The van der Waals surface area contributed by atoms with Crippen molar-refractivity contribution in [1.82, 2.24) is 0 Å². The number of Topliss-reactive ketones (excluding diaryl/α,β-unsaturated/α-hetero) is 1. The van der Waals surface area contributed by atoms with E-state index in [0.29, 0.717) is 0 Å². The summed E-state index contributed by atoms with van der Waals surface area (Å²) >= 11 is 0.